The van der Waals surface area contributed by atoms with E-state index in [-0.39, 0.29) is 0 Å². The minimum atomic E-state index is 1.08. The van der Waals surface area contributed by atoms with Crippen molar-refractivity contribution in [2.45, 2.75) is 6.92 Å². The summed E-state index contributed by atoms with van der Waals surface area (Å²) in [5.41, 5.74) is 13.4. The number of hydrogen-bond donors (Lipinski definition) is 1. The fourth-order valence-electron chi connectivity index (χ4n) is 8.40. The van der Waals surface area contributed by atoms with Crippen LogP contribution in [0.5, 0.6) is 0 Å². The quantitative estimate of drug-likeness (QED) is 0.185. The minimum Gasteiger partial charge on any atom is -0.355 e. The first-order valence-electron chi connectivity index (χ1n) is 17.5. The van der Waals surface area contributed by atoms with Crippen LogP contribution in [0.3, 0.4) is 0 Å². The molecule has 1 aliphatic heterocycles. The van der Waals surface area contributed by atoms with Crippen LogP contribution in [0, 0.1) is 6.92 Å². The van der Waals surface area contributed by atoms with Gasteiger partial charge in [-0.15, -0.1) is 11.3 Å². The van der Waals surface area contributed by atoms with Crippen molar-refractivity contribution in [1.29, 1.82) is 0 Å². The Bertz CT molecular complexity index is 3030. The van der Waals surface area contributed by atoms with E-state index >= 15 is 0 Å². The minimum absolute atomic E-state index is 1.08. The van der Waals surface area contributed by atoms with Crippen molar-refractivity contribution in [3.8, 4) is 27.9 Å². The second-order valence-corrected chi connectivity index (χ2v) is 14.7. The summed E-state index contributed by atoms with van der Waals surface area (Å²) in [4.78, 5) is 0. The Morgan fingerprint density at radius 2 is 1.33 bits per heavy atom. The first kappa shape index (κ1) is 28.7. The molecule has 0 fully saturated rings. The smallest absolute Gasteiger partial charge is 0.211 e. The average Bonchev–Trinajstić information content (AvgIpc) is 3.73. The van der Waals surface area contributed by atoms with E-state index in [9.17, 15) is 0 Å². The number of nitrogens with zero attached hydrogens (tertiary/aromatic N) is 1. The predicted molar refractivity (Wildman–Crippen MR) is 222 cm³/mol. The van der Waals surface area contributed by atoms with Gasteiger partial charge in [-0.25, -0.2) is 0 Å². The zero-order chi connectivity index (χ0) is 33.6. The zero-order valence-electron chi connectivity index (χ0n) is 27.9. The molecule has 8 aromatic carbocycles. The maximum absolute atomic E-state index is 3.79. The highest BCUT2D eigenvalue weighted by molar-refractivity contribution is 7.29. The number of para-hydroxylation sites is 1. The first-order valence-corrected chi connectivity index (χ1v) is 18.3. The van der Waals surface area contributed by atoms with Gasteiger partial charge in [-0.3, -0.25) is 0 Å². The lowest BCUT2D eigenvalue weighted by Crippen LogP contribution is -2.35. The summed E-state index contributed by atoms with van der Waals surface area (Å²) >= 11 is 1.89. The van der Waals surface area contributed by atoms with Crippen LogP contribution in [-0.2, 0) is 0 Å². The van der Waals surface area contributed by atoms with Crippen molar-refractivity contribution in [2.24, 2.45) is 0 Å². The maximum Gasteiger partial charge on any atom is 0.211 e. The summed E-state index contributed by atoms with van der Waals surface area (Å²) in [6.07, 6.45) is 0. The van der Waals surface area contributed by atoms with E-state index in [1.165, 1.54) is 97.2 Å². The van der Waals surface area contributed by atoms with Crippen LogP contribution in [0.2, 0.25) is 0 Å². The standard InChI is InChI=1S/C47H30BN2S/c1-28-19-23-32(24-20-28)49-38-18-10-9-17-36(38)41-34-15-7-8-16-35(34)43-42-33-14-6-5-13-30(33)21-25-39(42)50-45-37-27-31(29-11-3-2-4-12-29)22-26-40(37)51-47(45)48-44(41)46(43)50/h2-27,49H,1H3. The summed E-state index contributed by atoms with van der Waals surface area (Å²) in [5.74, 6) is 0. The van der Waals surface area contributed by atoms with Gasteiger partial charge < -0.3 is 9.88 Å². The van der Waals surface area contributed by atoms with E-state index in [0.29, 0.717) is 0 Å². The van der Waals surface area contributed by atoms with E-state index in [2.05, 4.69) is 182 Å². The molecule has 4 heteroatoms. The van der Waals surface area contributed by atoms with E-state index in [4.69, 9.17) is 0 Å². The zero-order valence-corrected chi connectivity index (χ0v) is 28.8. The summed E-state index contributed by atoms with van der Waals surface area (Å²) in [6.45, 7) is 2.13. The molecule has 0 aliphatic carbocycles. The Morgan fingerprint density at radius 3 is 2.20 bits per heavy atom. The van der Waals surface area contributed by atoms with E-state index in [1.807, 2.05) is 11.3 Å². The Hall–Kier alpha value is -6.10. The Balaban J connectivity index is 1.29. The SMILES string of the molecule is Cc1ccc(Nc2ccccc2-c2c3c4c(c5ccccc25)c2c5ccccc5ccc2n4-c2c(sc4ccc(-c5ccccc5)cc24)[B]3)cc1. The highest BCUT2D eigenvalue weighted by atomic mass is 32.1. The van der Waals surface area contributed by atoms with Crippen molar-refractivity contribution >= 4 is 93.7 Å². The number of rotatable bonds is 4. The topological polar surface area (TPSA) is 17.0 Å². The molecule has 1 radical (unpaired) electrons. The molecule has 1 N–H and O–H groups in total. The number of thiophene rings is 1. The van der Waals surface area contributed by atoms with Crippen LogP contribution in [0.25, 0.3) is 81.4 Å². The fraction of sp³-hybridized carbons (Fsp3) is 0.0213. The molecule has 0 spiro atoms. The lowest BCUT2D eigenvalue weighted by molar-refractivity contribution is 1.22. The third-order valence-corrected chi connectivity index (χ3v) is 11.8. The van der Waals surface area contributed by atoms with Gasteiger partial charge in [0.2, 0.25) is 7.28 Å². The molecule has 51 heavy (non-hydrogen) atoms. The van der Waals surface area contributed by atoms with Gasteiger partial charge >= 0.3 is 0 Å². The molecule has 2 aromatic heterocycles. The summed E-state index contributed by atoms with van der Waals surface area (Å²) in [6, 6.07) is 57.7. The molecule has 0 atom stereocenters. The molecule has 0 bridgehead atoms. The van der Waals surface area contributed by atoms with Crippen LogP contribution in [0.4, 0.5) is 11.4 Å². The van der Waals surface area contributed by atoms with Crippen molar-refractivity contribution in [2.75, 3.05) is 5.32 Å². The third kappa shape index (κ3) is 4.24. The molecule has 1 aliphatic rings. The van der Waals surface area contributed by atoms with Crippen molar-refractivity contribution < 1.29 is 0 Å². The first-order chi connectivity index (χ1) is 25.2. The Kier molecular flexibility index (Phi) is 6.17. The van der Waals surface area contributed by atoms with Crippen molar-refractivity contribution in [3.05, 3.63) is 163 Å². The third-order valence-electron chi connectivity index (χ3n) is 10.7. The van der Waals surface area contributed by atoms with Gasteiger partial charge in [0.25, 0.3) is 0 Å². The normalized spacial score (nSPS) is 12.2. The Labute approximate surface area is 300 Å². The van der Waals surface area contributed by atoms with Crippen LogP contribution in [0.15, 0.2) is 158 Å². The van der Waals surface area contributed by atoms with E-state index in [0.717, 1.165) is 11.4 Å². The molecule has 2 nitrogen and oxygen atoms in total. The lowest BCUT2D eigenvalue weighted by Gasteiger charge is -2.24. The van der Waals surface area contributed by atoms with Crippen LogP contribution in [-0.4, -0.2) is 11.8 Å². The average molecular weight is 666 g/mol. The second kappa shape index (κ2) is 11.0. The summed E-state index contributed by atoms with van der Waals surface area (Å²) in [7, 11) is 2.48. The fourth-order valence-corrected chi connectivity index (χ4v) is 9.51. The van der Waals surface area contributed by atoms with Gasteiger partial charge in [-0.2, -0.15) is 0 Å². The van der Waals surface area contributed by atoms with Gasteiger partial charge in [-0.05, 0) is 91.8 Å². The number of fused-ring (bicyclic) bond motifs is 11. The molecule has 0 saturated carbocycles. The summed E-state index contributed by atoms with van der Waals surface area (Å²) < 4.78 is 5.18. The van der Waals surface area contributed by atoms with Gasteiger partial charge in [0.15, 0.2) is 0 Å². The molecular weight excluding hydrogens is 635 g/mol. The van der Waals surface area contributed by atoms with Gasteiger partial charge in [-0.1, -0.05) is 127 Å². The number of benzene rings is 8. The molecular formula is C47H30BN2S. The van der Waals surface area contributed by atoms with Crippen molar-refractivity contribution in [1.82, 2.24) is 4.57 Å². The summed E-state index contributed by atoms with van der Waals surface area (Å²) in [5, 5.41) is 12.8. The maximum atomic E-state index is 3.79. The number of aromatic nitrogens is 1. The van der Waals surface area contributed by atoms with Crippen LogP contribution < -0.4 is 15.6 Å². The van der Waals surface area contributed by atoms with E-state index in [1.54, 1.807) is 0 Å². The molecule has 237 valence electrons. The number of nitrogens with one attached hydrogen (secondary N) is 1. The Morgan fingerprint density at radius 1 is 0.588 bits per heavy atom. The van der Waals surface area contributed by atoms with E-state index < -0.39 is 0 Å². The van der Waals surface area contributed by atoms with Gasteiger partial charge in [0.05, 0.1) is 11.2 Å². The number of aryl methyl sites for hydroxylation is 1. The predicted octanol–water partition coefficient (Wildman–Crippen LogP) is 11.7. The number of hydrogen-bond acceptors (Lipinski definition) is 2. The van der Waals surface area contributed by atoms with Crippen LogP contribution >= 0.6 is 11.3 Å². The van der Waals surface area contributed by atoms with Gasteiger partial charge in [0.1, 0.15) is 0 Å². The largest absolute Gasteiger partial charge is 0.355 e. The molecule has 0 saturated heterocycles. The molecule has 11 rings (SSSR count). The molecule has 0 amide bonds. The highest BCUT2D eigenvalue weighted by Crippen LogP contribution is 2.46. The highest BCUT2D eigenvalue weighted by Gasteiger charge is 2.32. The molecule has 0 unspecified atom stereocenters. The molecule has 3 heterocycles. The van der Waals surface area contributed by atoms with Crippen LogP contribution in [0.1, 0.15) is 5.56 Å². The second-order valence-electron chi connectivity index (χ2n) is 13.6. The monoisotopic (exact) mass is 665 g/mol. The van der Waals surface area contributed by atoms with Gasteiger partial charge in [0, 0.05) is 43.3 Å². The molecule has 10 aromatic rings. The number of anilines is 2. The lowest BCUT2D eigenvalue weighted by atomic mass is 9.62. The van der Waals surface area contributed by atoms with Crippen molar-refractivity contribution in [3.63, 3.8) is 0 Å².